The number of fused-ring (bicyclic) bond motifs is 1. The van der Waals surface area contributed by atoms with Gasteiger partial charge < -0.3 is 10.6 Å². The molecule has 2 aromatic rings. The topological polar surface area (TPSA) is 121 Å². The largest absolute Gasteiger partial charge is 0.352 e. The van der Waals surface area contributed by atoms with Gasteiger partial charge in [0.05, 0.1) is 17.6 Å². The van der Waals surface area contributed by atoms with Gasteiger partial charge in [-0.05, 0) is 44.7 Å². The zero-order valence-corrected chi connectivity index (χ0v) is 17.6. The molecule has 2 atom stereocenters. The number of nitrogens with one attached hydrogen (secondary N) is 2. The molecule has 2 fully saturated rings. The first-order valence-electron chi connectivity index (χ1n) is 9.68. The quantitative estimate of drug-likeness (QED) is 0.692. The van der Waals surface area contributed by atoms with Gasteiger partial charge >= 0.3 is 0 Å². The summed E-state index contributed by atoms with van der Waals surface area (Å²) in [7, 11) is -3.80. The lowest BCUT2D eigenvalue weighted by Gasteiger charge is -2.31. The molecule has 2 aliphatic rings. The second-order valence-electron chi connectivity index (χ2n) is 7.60. The van der Waals surface area contributed by atoms with Crippen molar-refractivity contribution in [3.05, 3.63) is 18.2 Å². The highest BCUT2D eigenvalue weighted by Gasteiger charge is 2.35. The fraction of sp³-hybridized carbons (Fsp3) is 0.556. The van der Waals surface area contributed by atoms with Crippen LogP contribution in [-0.4, -0.2) is 58.5 Å². The number of aromatic nitrogens is 2. The van der Waals surface area contributed by atoms with Crippen molar-refractivity contribution in [3.63, 3.8) is 0 Å². The minimum Gasteiger partial charge on any atom is -0.352 e. The Labute approximate surface area is 173 Å². The molecular formula is C18H23N5O4S2. The average Bonchev–Trinajstić information content (AvgIpc) is 3.39. The predicted molar refractivity (Wildman–Crippen MR) is 108 cm³/mol. The van der Waals surface area contributed by atoms with Crippen molar-refractivity contribution in [3.8, 4) is 0 Å². The molecule has 0 spiro atoms. The van der Waals surface area contributed by atoms with Crippen LogP contribution in [0.15, 0.2) is 23.1 Å². The van der Waals surface area contributed by atoms with Gasteiger partial charge in [0.15, 0.2) is 0 Å². The molecular weight excluding hydrogens is 414 g/mol. The van der Waals surface area contributed by atoms with E-state index in [0.717, 1.165) is 24.6 Å². The summed E-state index contributed by atoms with van der Waals surface area (Å²) in [5.41, 5.74) is 0.896. The predicted octanol–water partition coefficient (Wildman–Crippen LogP) is 0.875. The summed E-state index contributed by atoms with van der Waals surface area (Å²) >= 11 is 0.968. The number of sulfonamides is 1. The molecule has 0 bridgehead atoms. The van der Waals surface area contributed by atoms with Crippen LogP contribution in [-0.2, 0) is 19.6 Å². The number of nitrogens with zero attached hydrogens (tertiary/aromatic N) is 3. The van der Waals surface area contributed by atoms with E-state index >= 15 is 0 Å². The molecule has 2 amide bonds. The fourth-order valence-electron chi connectivity index (χ4n) is 3.45. The van der Waals surface area contributed by atoms with Crippen LogP contribution in [0.4, 0.5) is 0 Å². The van der Waals surface area contributed by atoms with Crippen LogP contribution in [0.25, 0.3) is 11.0 Å². The van der Waals surface area contributed by atoms with Crippen molar-refractivity contribution in [1.82, 2.24) is 23.7 Å². The molecule has 2 N–H and O–H groups in total. The lowest BCUT2D eigenvalue weighted by Crippen LogP contribution is -2.50. The third-order valence-electron chi connectivity index (χ3n) is 5.30. The smallest absolute Gasteiger partial charge is 0.245 e. The molecule has 1 aliphatic carbocycles. The number of carbonyl (C=O) groups excluding carboxylic acids is 2. The Kier molecular flexibility index (Phi) is 5.54. The zero-order valence-electron chi connectivity index (χ0n) is 16.0. The Bertz CT molecular complexity index is 1030. The normalized spacial score (nSPS) is 21.6. The van der Waals surface area contributed by atoms with Gasteiger partial charge in [0, 0.05) is 19.1 Å². The van der Waals surface area contributed by atoms with Crippen molar-refractivity contribution in [2.75, 3.05) is 13.1 Å². The molecule has 1 saturated carbocycles. The summed E-state index contributed by atoms with van der Waals surface area (Å²) in [4.78, 5) is 24.8. The van der Waals surface area contributed by atoms with Gasteiger partial charge in [-0.2, -0.15) is 13.1 Å². The summed E-state index contributed by atoms with van der Waals surface area (Å²) in [6, 6.07) is 4.46. The van der Waals surface area contributed by atoms with Gasteiger partial charge in [0.1, 0.15) is 22.0 Å². The Hall–Kier alpha value is -2.11. The standard InChI is InChI=1S/C18H23N5O4S2/c1-11(17(24)20-13-7-8-13)19-18(25)12-4-3-9-23(10-12)29(26,27)15-6-2-5-14-16(15)22-28-21-14/h2,5-6,11-13H,3-4,7-10H2,1H3,(H,19,25)(H,20,24)/t11-,12-/m0/s1. The lowest BCUT2D eigenvalue weighted by atomic mass is 9.98. The summed E-state index contributed by atoms with van der Waals surface area (Å²) < 4.78 is 35.9. The first-order valence-corrected chi connectivity index (χ1v) is 11.9. The third-order valence-corrected chi connectivity index (χ3v) is 7.74. The van der Waals surface area contributed by atoms with E-state index in [-0.39, 0.29) is 29.3 Å². The van der Waals surface area contributed by atoms with Crippen LogP contribution in [0.5, 0.6) is 0 Å². The molecule has 2 heterocycles. The maximum absolute atomic E-state index is 13.2. The van der Waals surface area contributed by atoms with E-state index in [9.17, 15) is 18.0 Å². The Morgan fingerprint density at radius 2 is 2.03 bits per heavy atom. The maximum atomic E-state index is 13.2. The molecule has 11 heteroatoms. The second kappa shape index (κ2) is 7.96. The lowest BCUT2D eigenvalue weighted by molar-refractivity contribution is -0.131. The van der Waals surface area contributed by atoms with E-state index in [1.807, 2.05) is 0 Å². The van der Waals surface area contributed by atoms with E-state index < -0.39 is 22.0 Å². The molecule has 4 rings (SSSR count). The monoisotopic (exact) mass is 437 g/mol. The highest BCUT2D eigenvalue weighted by Crippen LogP contribution is 2.28. The van der Waals surface area contributed by atoms with Crippen LogP contribution in [0.3, 0.4) is 0 Å². The number of rotatable bonds is 6. The molecule has 1 saturated heterocycles. The summed E-state index contributed by atoms with van der Waals surface area (Å²) in [6.07, 6.45) is 3.11. The Morgan fingerprint density at radius 3 is 2.79 bits per heavy atom. The van der Waals surface area contributed by atoms with Gasteiger partial charge in [-0.25, -0.2) is 8.42 Å². The molecule has 1 aromatic carbocycles. The zero-order chi connectivity index (χ0) is 20.6. The second-order valence-corrected chi connectivity index (χ2v) is 10.0. The van der Waals surface area contributed by atoms with E-state index in [1.54, 1.807) is 19.1 Å². The number of carbonyl (C=O) groups is 2. The van der Waals surface area contributed by atoms with E-state index in [2.05, 4.69) is 19.4 Å². The van der Waals surface area contributed by atoms with Gasteiger partial charge in [-0.1, -0.05) is 6.07 Å². The van der Waals surface area contributed by atoms with Gasteiger partial charge in [0.2, 0.25) is 21.8 Å². The Balaban J connectivity index is 1.45. The maximum Gasteiger partial charge on any atom is 0.245 e. The minimum atomic E-state index is -3.80. The molecule has 156 valence electrons. The molecule has 1 aromatic heterocycles. The fourth-order valence-corrected chi connectivity index (χ4v) is 5.73. The number of hydrogen-bond acceptors (Lipinski definition) is 7. The van der Waals surface area contributed by atoms with Crippen molar-refractivity contribution in [1.29, 1.82) is 0 Å². The molecule has 29 heavy (non-hydrogen) atoms. The Morgan fingerprint density at radius 1 is 1.24 bits per heavy atom. The van der Waals surface area contributed by atoms with Crippen molar-refractivity contribution in [2.24, 2.45) is 5.92 Å². The third kappa shape index (κ3) is 4.26. The number of piperidine rings is 1. The summed E-state index contributed by atoms with van der Waals surface area (Å²) in [6.45, 7) is 2.07. The summed E-state index contributed by atoms with van der Waals surface area (Å²) in [5, 5.41) is 5.59. The van der Waals surface area contributed by atoms with Crippen molar-refractivity contribution < 1.29 is 18.0 Å². The van der Waals surface area contributed by atoms with Crippen LogP contribution in [0, 0.1) is 5.92 Å². The average molecular weight is 438 g/mol. The van der Waals surface area contributed by atoms with E-state index in [0.29, 0.717) is 30.4 Å². The van der Waals surface area contributed by atoms with Crippen molar-refractivity contribution in [2.45, 2.75) is 49.6 Å². The van der Waals surface area contributed by atoms with Crippen molar-refractivity contribution >= 4 is 44.6 Å². The van der Waals surface area contributed by atoms with Crippen LogP contribution >= 0.6 is 11.7 Å². The van der Waals surface area contributed by atoms with E-state index in [1.165, 1.54) is 10.4 Å². The van der Waals surface area contributed by atoms with Crippen LogP contribution < -0.4 is 10.6 Å². The molecule has 0 unspecified atom stereocenters. The van der Waals surface area contributed by atoms with Crippen LogP contribution in [0.2, 0.25) is 0 Å². The van der Waals surface area contributed by atoms with Gasteiger partial charge in [-0.15, -0.1) is 0 Å². The number of hydrogen-bond donors (Lipinski definition) is 2. The number of benzene rings is 1. The highest BCUT2D eigenvalue weighted by atomic mass is 32.2. The van der Waals surface area contributed by atoms with Gasteiger partial charge in [0.25, 0.3) is 0 Å². The number of amides is 2. The SMILES string of the molecule is C[C@H](NC(=O)[C@H]1CCCN(S(=O)(=O)c2cccc3nsnc23)C1)C(=O)NC1CC1. The molecule has 9 nitrogen and oxygen atoms in total. The molecule has 1 aliphatic heterocycles. The first-order chi connectivity index (χ1) is 13.9. The minimum absolute atomic E-state index is 0.0824. The van der Waals surface area contributed by atoms with E-state index in [4.69, 9.17) is 0 Å². The first kappa shape index (κ1) is 20.2. The summed E-state index contributed by atoms with van der Waals surface area (Å²) in [5.74, 6) is -0.997. The van der Waals surface area contributed by atoms with Gasteiger partial charge in [-0.3, -0.25) is 9.59 Å². The molecule has 0 radical (unpaired) electrons. The highest BCUT2D eigenvalue weighted by molar-refractivity contribution is 7.89. The van der Waals surface area contributed by atoms with Crippen LogP contribution in [0.1, 0.15) is 32.6 Å².